The molecular formula is C19H20N4O2. The fourth-order valence-corrected chi connectivity index (χ4v) is 2.60. The smallest absolute Gasteiger partial charge is 0.269 e. The number of nitrogens with zero attached hydrogens (tertiary/aromatic N) is 3. The third-order valence-electron chi connectivity index (χ3n) is 3.94. The zero-order valence-electron chi connectivity index (χ0n) is 14.2. The van der Waals surface area contributed by atoms with Crippen molar-refractivity contribution in [3.05, 3.63) is 72.2 Å². The van der Waals surface area contributed by atoms with Gasteiger partial charge in [0.05, 0.1) is 7.11 Å². The SMILES string of the molecule is COc1ccccc1C(C)CNC(=O)c1cccc(-n2cccn2)n1. The van der Waals surface area contributed by atoms with Crippen molar-refractivity contribution < 1.29 is 9.53 Å². The van der Waals surface area contributed by atoms with Gasteiger partial charge in [-0.1, -0.05) is 31.2 Å². The second-order valence-corrected chi connectivity index (χ2v) is 5.68. The van der Waals surface area contributed by atoms with Gasteiger partial charge >= 0.3 is 0 Å². The lowest BCUT2D eigenvalue weighted by molar-refractivity contribution is 0.0946. The third kappa shape index (κ3) is 3.85. The summed E-state index contributed by atoms with van der Waals surface area (Å²) in [6, 6.07) is 14.9. The Hall–Kier alpha value is -3.15. The van der Waals surface area contributed by atoms with Gasteiger partial charge in [-0.3, -0.25) is 4.79 Å². The number of carbonyl (C=O) groups is 1. The van der Waals surface area contributed by atoms with Crippen LogP contribution in [0.1, 0.15) is 28.9 Å². The monoisotopic (exact) mass is 336 g/mol. The van der Waals surface area contributed by atoms with E-state index in [2.05, 4.69) is 15.4 Å². The van der Waals surface area contributed by atoms with Crippen molar-refractivity contribution in [2.75, 3.05) is 13.7 Å². The molecule has 1 atom stereocenters. The number of benzene rings is 1. The Morgan fingerprint density at radius 3 is 2.80 bits per heavy atom. The summed E-state index contributed by atoms with van der Waals surface area (Å²) < 4.78 is 7.00. The summed E-state index contributed by atoms with van der Waals surface area (Å²) in [7, 11) is 1.65. The number of hydrogen-bond acceptors (Lipinski definition) is 4. The van der Waals surface area contributed by atoms with Gasteiger partial charge in [0.15, 0.2) is 5.82 Å². The second-order valence-electron chi connectivity index (χ2n) is 5.68. The molecule has 1 amide bonds. The van der Waals surface area contributed by atoms with Crippen LogP contribution in [0.4, 0.5) is 0 Å². The molecule has 1 aromatic carbocycles. The van der Waals surface area contributed by atoms with Crippen LogP contribution < -0.4 is 10.1 Å². The normalized spacial score (nSPS) is 11.8. The summed E-state index contributed by atoms with van der Waals surface area (Å²) in [5, 5.41) is 7.06. The predicted octanol–water partition coefficient (Wildman–Crippen LogP) is 2.81. The highest BCUT2D eigenvalue weighted by molar-refractivity contribution is 5.92. The van der Waals surface area contributed by atoms with E-state index in [1.807, 2.05) is 37.3 Å². The largest absolute Gasteiger partial charge is 0.496 e. The number of methoxy groups -OCH3 is 1. The molecular weight excluding hydrogens is 316 g/mol. The molecule has 0 aliphatic rings. The summed E-state index contributed by atoms with van der Waals surface area (Å²) in [4.78, 5) is 16.8. The van der Waals surface area contributed by atoms with Crippen LogP contribution in [0, 0.1) is 0 Å². The molecule has 0 bridgehead atoms. The molecule has 0 saturated carbocycles. The van der Waals surface area contributed by atoms with Crippen LogP contribution in [0.25, 0.3) is 5.82 Å². The minimum Gasteiger partial charge on any atom is -0.496 e. The van der Waals surface area contributed by atoms with Crippen molar-refractivity contribution in [2.24, 2.45) is 0 Å². The number of pyridine rings is 1. The fourth-order valence-electron chi connectivity index (χ4n) is 2.60. The molecule has 128 valence electrons. The highest BCUT2D eigenvalue weighted by Gasteiger charge is 2.14. The molecule has 2 heterocycles. The van der Waals surface area contributed by atoms with Gasteiger partial charge < -0.3 is 10.1 Å². The van der Waals surface area contributed by atoms with Gasteiger partial charge in [-0.25, -0.2) is 9.67 Å². The van der Waals surface area contributed by atoms with Crippen LogP contribution >= 0.6 is 0 Å². The Balaban J connectivity index is 1.67. The number of para-hydroxylation sites is 1. The van der Waals surface area contributed by atoms with Gasteiger partial charge in [-0.2, -0.15) is 5.10 Å². The standard InChI is InChI=1S/C19H20N4O2/c1-14(15-7-3-4-9-17(15)25-2)13-20-19(24)16-8-5-10-18(22-16)23-12-6-11-21-23/h3-12,14H,13H2,1-2H3,(H,20,24). The number of amides is 1. The summed E-state index contributed by atoms with van der Waals surface area (Å²) in [5.74, 6) is 1.34. The molecule has 2 aromatic heterocycles. The summed E-state index contributed by atoms with van der Waals surface area (Å²) in [6.07, 6.45) is 3.46. The van der Waals surface area contributed by atoms with Gasteiger partial charge in [0.1, 0.15) is 11.4 Å². The van der Waals surface area contributed by atoms with Crippen molar-refractivity contribution in [3.63, 3.8) is 0 Å². The van der Waals surface area contributed by atoms with E-state index in [9.17, 15) is 4.79 Å². The molecule has 0 fully saturated rings. The van der Waals surface area contributed by atoms with Gasteiger partial charge in [0, 0.05) is 24.9 Å². The molecule has 0 saturated heterocycles. The fraction of sp³-hybridized carbons (Fsp3) is 0.211. The number of ether oxygens (including phenoxy) is 1. The van der Waals surface area contributed by atoms with E-state index in [0.717, 1.165) is 11.3 Å². The van der Waals surface area contributed by atoms with Crippen LogP contribution in [-0.4, -0.2) is 34.3 Å². The predicted molar refractivity (Wildman–Crippen MR) is 95.1 cm³/mol. The lowest BCUT2D eigenvalue weighted by Gasteiger charge is -2.16. The molecule has 0 spiro atoms. The molecule has 1 N–H and O–H groups in total. The molecule has 1 unspecified atom stereocenters. The first-order chi connectivity index (χ1) is 12.2. The van der Waals surface area contributed by atoms with Gasteiger partial charge in [0.25, 0.3) is 5.91 Å². The average molecular weight is 336 g/mol. The first-order valence-electron chi connectivity index (χ1n) is 8.07. The molecule has 0 aliphatic heterocycles. The topological polar surface area (TPSA) is 69.0 Å². The quantitative estimate of drug-likeness (QED) is 0.751. The maximum atomic E-state index is 12.4. The number of rotatable bonds is 6. The van der Waals surface area contributed by atoms with Crippen LogP contribution in [0.3, 0.4) is 0 Å². The van der Waals surface area contributed by atoms with Crippen LogP contribution in [0.5, 0.6) is 5.75 Å². The summed E-state index contributed by atoms with van der Waals surface area (Å²) in [5.41, 5.74) is 1.42. The molecule has 6 heteroatoms. The average Bonchev–Trinajstić information content (AvgIpc) is 3.20. The zero-order valence-corrected chi connectivity index (χ0v) is 14.2. The third-order valence-corrected chi connectivity index (χ3v) is 3.94. The van der Waals surface area contributed by atoms with E-state index in [4.69, 9.17) is 4.74 Å². The summed E-state index contributed by atoms with van der Waals surface area (Å²) in [6.45, 7) is 2.54. The number of aromatic nitrogens is 3. The molecule has 6 nitrogen and oxygen atoms in total. The van der Waals surface area contributed by atoms with E-state index in [1.165, 1.54) is 0 Å². The van der Waals surface area contributed by atoms with Crippen molar-refractivity contribution >= 4 is 5.91 Å². The van der Waals surface area contributed by atoms with E-state index in [-0.39, 0.29) is 11.8 Å². The molecule has 0 aliphatic carbocycles. The highest BCUT2D eigenvalue weighted by atomic mass is 16.5. The lowest BCUT2D eigenvalue weighted by atomic mass is 10.00. The van der Waals surface area contributed by atoms with Crippen LogP contribution in [-0.2, 0) is 0 Å². The molecule has 3 rings (SSSR count). The van der Waals surface area contributed by atoms with Crippen LogP contribution in [0.15, 0.2) is 60.9 Å². The maximum absolute atomic E-state index is 12.4. The Bertz CT molecular complexity index is 846. The minimum absolute atomic E-state index is 0.120. The molecule has 0 radical (unpaired) electrons. The maximum Gasteiger partial charge on any atom is 0.269 e. The van der Waals surface area contributed by atoms with Crippen molar-refractivity contribution in [1.29, 1.82) is 0 Å². The molecule has 3 aromatic rings. The second kappa shape index (κ2) is 7.61. The van der Waals surface area contributed by atoms with Gasteiger partial charge in [0.2, 0.25) is 0 Å². The minimum atomic E-state index is -0.212. The van der Waals surface area contributed by atoms with Crippen molar-refractivity contribution in [1.82, 2.24) is 20.1 Å². The van der Waals surface area contributed by atoms with E-state index < -0.39 is 0 Å². The Morgan fingerprint density at radius 2 is 2.04 bits per heavy atom. The summed E-state index contributed by atoms with van der Waals surface area (Å²) >= 11 is 0. The highest BCUT2D eigenvalue weighted by Crippen LogP contribution is 2.25. The lowest BCUT2D eigenvalue weighted by Crippen LogP contribution is -2.28. The number of nitrogens with one attached hydrogen (secondary N) is 1. The van der Waals surface area contributed by atoms with Crippen LogP contribution in [0.2, 0.25) is 0 Å². The van der Waals surface area contributed by atoms with E-state index in [1.54, 1.807) is 42.4 Å². The Morgan fingerprint density at radius 1 is 1.20 bits per heavy atom. The first kappa shape index (κ1) is 16.7. The van der Waals surface area contributed by atoms with Crippen molar-refractivity contribution in [2.45, 2.75) is 12.8 Å². The number of hydrogen-bond donors (Lipinski definition) is 1. The Kier molecular flexibility index (Phi) is 5.09. The van der Waals surface area contributed by atoms with Crippen molar-refractivity contribution in [3.8, 4) is 11.6 Å². The van der Waals surface area contributed by atoms with Gasteiger partial charge in [-0.05, 0) is 29.8 Å². The van der Waals surface area contributed by atoms with E-state index >= 15 is 0 Å². The zero-order chi connectivity index (χ0) is 17.6. The number of carbonyl (C=O) groups excluding carboxylic acids is 1. The van der Waals surface area contributed by atoms with E-state index in [0.29, 0.717) is 18.1 Å². The molecule has 25 heavy (non-hydrogen) atoms. The Labute approximate surface area is 146 Å². The van der Waals surface area contributed by atoms with Gasteiger partial charge in [-0.15, -0.1) is 0 Å². The first-order valence-corrected chi connectivity index (χ1v) is 8.07.